The van der Waals surface area contributed by atoms with E-state index in [-0.39, 0.29) is 9.32 Å². The Morgan fingerprint density at radius 2 is 1.69 bits per heavy atom. The van der Waals surface area contributed by atoms with Gasteiger partial charge in [0.1, 0.15) is 11.5 Å². The molecule has 90 valence electrons. The van der Waals surface area contributed by atoms with Crippen molar-refractivity contribution in [3.63, 3.8) is 0 Å². The molecular weight excluding hydrogens is 350 g/mol. The minimum absolute atomic E-state index is 0.169. The second kappa shape index (κ2) is 5.02. The maximum Gasteiger partial charge on any atom is 0.573 e. The van der Waals surface area contributed by atoms with Crippen LogP contribution in [0, 0.1) is 3.57 Å². The van der Waals surface area contributed by atoms with Crippen LogP contribution in [-0.2, 0) is 0 Å². The van der Waals surface area contributed by atoms with Gasteiger partial charge in [-0.25, -0.2) is 0 Å². The van der Waals surface area contributed by atoms with Gasteiger partial charge in [-0.1, -0.05) is 6.07 Å². The van der Waals surface area contributed by atoms with Crippen molar-refractivity contribution in [3.05, 3.63) is 21.8 Å². The highest BCUT2D eigenvalue weighted by Crippen LogP contribution is 2.34. The molecule has 1 aromatic carbocycles. The Kier molecular flexibility index (Phi) is 4.16. The molecule has 0 fully saturated rings. The lowest BCUT2D eigenvalue weighted by Crippen LogP contribution is -2.18. The molecule has 0 aliphatic carbocycles. The Labute approximate surface area is 100 Å². The minimum Gasteiger partial charge on any atom is -0.434 e. The third kappa shape index (κ3) is 3.99. The first-order chi connectivity index (χ1) is 7.29. The molecule has 1 aromatic rings. The van der Waals surface area contributed by atoms with Gasteiger partial charge in [0.2, 0.25) is 0 Å². The average molecular weight is 354 g/mol. The van der Waals surface area contributed by atoms with Gasteiger partial charge in [0, 0.05) is 0 Å². The molecule has 8 heteroatoms. The van der Waals surface area contributed by atoms with E-state index in [0.717, 1.165) is 18.2 Å². The summed E-state index contributed by atoms with van der Waals surface area (Å²) in [6, 6.07) is 3.26. The van der Waals surface area contributed by atoms with Crippen molar-refractivity contribution in [2.75, 3.05) is 0 Å². The quantitative estimate of drug-likeness (QED) is 0.608. The Morgan fingerprint density at radius 1 is 1.12 bits per heavy atom. The number of halogens is 6. The Balaban J connectivity index is 2.95. The fourth-order valence-electron chi connectivity index (χ4n) is 0.881. The zero-order chi connectivity index (χ0) is 12.3. The molecule has 0 N–H and O–H groups in total. The van der Waals surface area contributed by atoms with Gasteiger partial charge in [-0.05, 0) is 34.7 Å². The Hall–Kier alpha value is -0.800. The zero-order valence-corrected chi connectivity index (χ0v) is 9.55. The van der Waals surface area contributed by atoms with Crippen LogP contribution in [0.1, 0.15) is 0 Å². The first kappa shape index (κ1) is 13.3. The van der Waals surface area contributed by atoms with Crippen molar-refractivity contribution < 1.29 is 31.4 Å². The van der Waals surface area contributed by atoms with Gasteiger partial charge >= 0.3 is 13.0 Å². The lowest BCUT2D eigenvalue weighted by molar-refractivity contribution is -0.275. The van der Waals surface area contributed by atoms with Crippen LogP contribution in [0.4, 0.5) is 22.0 Å². The van der Waals surface area contributed by atoms with Gasteiger partial charge in [-0.2, -0.15) is 8.78 Å². The molecule has 0 saturated heterocycles. The molecule has 0 aliphatic rings. The van der Waals surface area contributed by atoms with E-state index < -0.39 is 18.7 Å². The molecule has 0 bridgehead atoms. The van der Waals surface area contributed by atoms with Crippen LogP contribution >= 0.6 is 22.6 Å². The molecule has 1 rings (SSSR count). The number of rotatable bonds is 3. The van der Waals surface area contributed by atoms with Crippen LogP contribution in [-0.4, -0.2) is 13.0 Å². The van der Waals surface area contributed by atoms with E-state index in [9.17, 15) is 22.0 Å². The lowest BCUT2D eigenvalue weighted by Gasteiger charge is -2.13. The van der Waals surface area contributed by atoms with Crippen molar-refractivity contribution >= 4 is 22.6 Å². The third-order valence-corrected chi connectivity index (χ3v) is 2.43. The van der Waals surface area contributed by atoms with Gasteiger partial charge in [-0.15, -0.1) is 13.2 Å². The fourth-order valence-corrected chi connectivity index (χ4v) is 1.48. The molecule has 0 atom stereocenters. The van der Waals surface area contributed by atoms with Gasteiger partial charge < -0.3 is 9.47 Å². The summed E-state index contributed by atoms with van der Waals surface area (Å²) < 4.78 is 66.9. The lowest BCUT2D eigenvalue weighted by atomic mass is 10.3. The van der Waals surface area contributed by atoms with Crippen molar-refractivity contribution in [2.24, 2.45) is 0 Å². The van der Waals surface area contributed by atoms with Gasteiger partial charge in [0.05, 0.1) is 3.57 Å². The predicted molar refractivity (Wildman–Crippen MR) is 52.5 cm³/mol. The van der Waals surface area contributed by atoms with E-state index >= 15 is 0 Å². The normalized spacial score (nSPS) is 11.7. The maximum atomic E-state index is 11.9. The zero-order valence-electron chi connectivity index (χ0n) is 7.39. The van der Waals surface area contributed by atoms with Crippen LogP contribution < -0.4 is 9.47 Å². The monoisotopic (exact) mass is 354 g/mol. The SMILES string of the molecule is FC(F)Oc1cccc(OC(F)(F)F)c1I. The van der Waals surface area contributed by atoms with E-state index in [1.165, 1.54) is 22.6 Å². The highest BCUT2D eigenvalue weighted by Gasteiger charge is 2.32. The van der Waals surface area contributed by atoms with Crippen molar-refractivity contribution in [3.8, 4) is 11.5 Å². The van der Waals surface area contributed by atoms with Crippen molar-refractivity contribution in [1.29, 1.82) is 0 Å². The summed E-state index contributed by atoms with van der Waals surface area (Å²) in [4.78, 5) is 0. The number of hydrogen-bond donors (Lipinski definition) is 0. The second-order valence-electron chi connectivity index (χ2n) is 2.49. The molecule has 0 unspecified atom stereocenters. The second-order valence-corrected chi connectivity index (χ2v) is 3.57. The Morgan fingerprint density at radius 3 is 2.19 bits per heavy atom. The standard InChI is InChI=1S/C8H4F5IO2/c9-7(10)15-4-2-1-3-5(6(4)14)16-8(11,12)13/h1-3,7H. The predicted octanol–water partition coefficient (Wildman–Crippen LogP) is 3.79. The highest BCUT2D eigenvalue weighted by atomic mass is 127. The van der Waals surface area contributed by atoms with Crippen LogP contribution in [0.3, 0.4) is 0 Å². The summed E-state index contributed by atoms with van der Waals surface area (Å²) in [5.41, 5.74) is 0. The summed E-state index contributed by atoms with van der Waals surface area (Å²) in [7, 11) is 0. The third-order valence-electron chi connectivity index (χ3n) is 1.37. The largest absolute Gasteiger partial charge is 0.573 e. The molecule has 0 spiro atoms. The average Bonchev–Trinajstić information content (AvgIpc) is 2.09. The van der Waals surface area contributed by atoms with E-state index in [1.807, 2.05) is 0 Å². The summed E-state index contributed by atoms with van der Waals surface area (Å²) in [5, 5.41) is 0. The topological polar surface area (TPSA) is 18.5 Å². The molecule has 0 saturated carbocycles. The number of ether oxygens (including phenoxy) is 2. The van der Waals surface area contributed by atoms with Gasteiger partial charge in [0.15, 0.2) is 0 Å². The van der Waals surface area contributed by atoms with Crippen LogP contribution in [0.15, 0.2) is 18.2 Å². The summed E-state index contributed by atoms with van der Waals surface area (Å²) in [5.74, 6) is -0.941. The minimum atomic E-state index is -4.87. The van der Waals surface area contributed by atoms with Crippen LogP contribution in [0.5, 0.6) is 11.5 Å². The highest BCUT2D eigenvalue weighted by molar-refractivity contribution is 14.1. The molecule has 2 nitrogen and oxygen atoms in total. The summed E-state index contributed by atoms with van der Waals surface area (Å²) in [6.45, 7) is -3.10. The van der Waals surface area contributed by atoms with E-state index in [0.29, 0.717) is 0 Å². The van der Waals surface area contributed by atoms with Gasteiger partial charge in [-0.3, -0.25) is 0 Å². The maximum absolute atomic E-state index is 11.9. The number of hydrogen-bond acceptors (Lipinski definition) is 2. The summed E-state index contributed by atoms with van der Waals surface area (Å²) >= 11 is 1.43. The molecule has 0 radical (unpaired) electrons. The molecule has 0 aliphatic heterocycles. The van der Waals surface area contributed by atoms with E-state index in [4.69, 9.17) is 0 Å². The summed E-state index contributed by atoms with van der Waals surface area (Å²) in [6.07, 6.45) is -4.87. The molecule has 0 aromatic heterocycles. The Bertz CT molecular complexity index is 366. The number of alkyl halides is 5. The van der Waals surface area contributed by atoms with Crippen LogP contribution in [0.25, 0.3) is 0 Å². The molecular formula is C8H4F5IO2. The first-order valence-electron chi connectivity index (χ1n) is 3.78. The fraction of sp³-hybridized carbons (Fsp3) is 0.250. The van der Waals surface area contributed by atoms with Crippen molar-refractivity contribution in [2.45, 2.75) is 13.0 Å². The number of benzene rings is 1. The van der Waals surface area contributed by atoms with E-state index in [2.05, 4.69) is 9.47 Å². The van der Waals surface area contributed by atoms with Gasteiger partial charge in [0.25, 0.3) is 0 Å². The molecule has 0 heterocycles. The van der Waals surface area contributed by atoms with E-state index in [1.54, 1.807) is 0 Å². The molecule has 16 heavy (non-hydrogen) atoms. The van der Waals surface area contributed by atoms with Crippen molar-refractivity contribution in [1.82, 2.24) is 0 Å². The first-order valence-corrected chi connectivity index (χ1v) is 4.86. The molecule has 0 amide bonds. The smallest absolute Gasteiger partial charge is 0.434 e. The van der Waals surface area contributed by atoms with Crippen LogP contribution in [0.2, 0.25) is 0 Å².